The van der Waals surface area contributed by atoms with E-state index in [4.69, 9.17) is 4.74 Å². The first-order chi connectivity index (χ1) is 10.3. The first-order valence-corrected chi connectivity index (χ1v) is 8.96. The van der Waals surface area contributed by atoms with E-state index >= 15 is 0 Å². The monoisotopic (exact) mass is 306 g/mol. The number of hydrogen-bond acceptors (Lipinski definition) is 4. The van der Waals surface area contributed by atoms with Crippen LogP contribution in [0.25, 0.3) is 0 Å². The Labute approximate surface area is 132 Å². The van der Waals surface area contributed by atoms with Crippen LogP contribution in [0.15, 0.2) is 29.2 Å². The average molecular weight is 306 g/mol. The number of rotatable bonds is 5. The fourth-order valence-corrected chi connectivity index (χ4v) is 4.26. The van der Waals surface area contributed by atoms with Gasteiger partial charge in [0.1, 0.15) is 0 Å². The molecule has 1 atom stereocenters. The summed E-state index contributed by atoms with van der Waals surface area (Å²) in [5, 5.41) is 0. The highest BCUT2D eigenvalue weighted by molar-refractivity contribution is 7.97. The fraction of sp³-hybridized carbons (Fsp3) is 0.647. The maximum atomic E-state index is 5.41. The van der Waals surface area contributed by atoms with Crippen LogP contribution in [-0.2, 0) is 11.3 Å². The molecule has 116 valence electrons. The van der Waals surface area contributed by atoms with Gasteiger partial charge in [-0.1, -0.05) is 19.1 Å². The topological polar surface area (TPSA) is 15.7 Å². The van der Waals surface area contributed by atoms with E-state index in [0.29, 0.717) is 0 Å². The lowest BCUT2D eigenvalue weighted by molar-refractivity contribution is 0.0773. The van der Waals surface area contributed by atoms with Crippen molar-refractivity contribution in [3.63, 3.8) is 0 Å². The minimum absolute atomic E-state index is 0.792. The molecule has 1 aromatic carbocycles. The predicted octanol–water partition coefficient (Wildman–Crippen LogP) is 3.40. The van der Waals surface area contributed by atoms with Gasteiger partial charge in [0.2, 0.25) is 0 Å². The van der Waals surface area contributed by atoms with Gasteiger partial charge in [-0.2, -0.15) is 0 Å². The van der Waals surface area contributed by atoms with Gasteiger partial charge >= 0.3 is 0 Å². The molecule has 3 nitrogen and oxygen atoms in total. The van der Waals surface area contributed by atoms with E-state index in [1.807, 2.05) is 11.9 Å². The molecule has 2 saturated heterocycles. The summed E-state index contributed by atoms with van der Waals surface area (Å²) in [6.07, 6.45) is 4.02. The Hall–Kier alpha value is -0.550. The van der Waals surface area contributed by atoms with Gasteiger partial charge in [0, 0.05) is 30.6 Å². The second-order valence-electron chi connectivity index (χ2n) is 5.95. The summed E-state index contributed by atoms with van der Waals surface area (Å²) >= 11 is 1.88. The van der Waals surface area contributed by atoms with Crippen LogP contribution in [0.1, 0.15) is 31.7 Å². The Morgan fingerprint density at radius 3 is 2.90 bits per heavy atom. The highest BCUT2D eigenvalue weighted by Crippen LogP contribution is 2.26. The normalized spacial score (nSPS) is 24.5. The van der Waals surface area contributed by atoms with Crippen molar-refractivity contribution in [1.29, 1.82) is 0 Å². The summed E-state index contributed by atoms with van der Waals surface area (Å²) in [5.41, 5.74) is 1.45. The van der Waals surface area contributed by atoms with E-state index < -0.39 is 0 Å². The molecular weight excluding hydrogens is 280 g/mol. The first kappa shape index (κ1) is 15.3. The van der Waals surface area contributed by atoms with E-state index in [2.05, 4.69) is 40.4 Å². The number of ether oxygens (including phenoxy) is 1. The first-order valence-electron chi connectivity index (χ1n) is 8.19. The maximum absolute atomic E-state index is 5.41. The molecule has 21 heavy (non-hydrogen) atoms. The van der Waals surface area contributed by atoms with Crippen LogP contribution in [-0.4, -0.2) is 48.1 Å². The lowest BCUT2D eigenvalue weighted by Gasteiger charge is -2.26. The van der Waals surface area contributed by atoms with Crippen LogP contribution in [0.5, 0.6) is 0 Å². The van der Waals surface area contributed by atoms with E-state index in [-0.39, 0.29) is 0 Å². The molecule has 0 bridgehead atoms. The summed E-state index contributed by atoms with van der Waals surface area (Å²) < 4.78 is 7.82. The maximum Gasteiger partial charge on any atom is 0.0603 e. The molecule has 0 saturated carbocycles. The molecule has 1 unspecified atom stereocenters. The molecule has 2 aliphatic rings. The second-order valence-corrected chi connectivity index (χ2v) is 7.13. The summed E-state index contributed by atoms with van der Waals surface area (Å²) in [7, 11) is 0. The summed E-state index contributed by atoms with van der Waals surface area (Å²) in [6.45, 7) is 8.46. The Kier molecular flexibility index (Phi) is 5.58. The van der Waals surface area contributed by atoms with Crippen molar-refractivity contribution in [2.24, 2.45) is 0 Å². The fourth-order valence-electron chi connectivity index (χ4n) is 3.29. The largest absolute Gasteiger partial charge is 0.379 e. The van der Waals surface area contributed by atoms with Crippen LogP contribution >= 0.6 is 11.9 Å². The molecule has 1 aromatic rings. The molecule has 0 amide bonds. The van der Waals surface area contributed by atoms with Crippen molar-refractivity contribution < 1.29 is 4.74 Å². The standard InChI is InChI=1S/C17H26N2OS/c1-2-16-6-4-8-18(16)14-15-5-3-7-17(13-15)21-19-9-11-20-12-10-19/h3,5,7,13,16H,2,4,6,8-12,14H2,1H3. The van der Waals surface area contributed by atoms with Crippen LogP contribution in [0.3, 0.4) is 0 Å². The number of likely N-dealkylation sites (tertiary alicyclic amines) is 1. The highest BCUT2D eigenvalue weighted by Gasteiger charge is 2.22. The molecule has 0 aromatic heterocycles. The van der Waals surface area contributed by atoms with Crippen molar-refractivity contribution in [3.8, 4) is 0 Å². The van der Waals surface area contributed by atoms with Crippen molar-refractivity contribution >= 4 is 11.9 Å². The van der Waals surface area contributed by atoms with Crippen LogP contribution < -0.4 is 0 Å². The molecule has 3 rings (SSSR count). The van der Waals surface area contributed by atoms with Gasteiger partial charge in [0.25, 0.3) is 0 Å². The highest BCUT2D eigenvalue weighted by atomic mass is 32.2. The summed E-state index contributed by atoms with van der Waals surface area (Å²) in [5.74, 6) is 0. The molecule has 0 radical (unpaired) electrons. The van der Waals surface area contributed by atoms with Crippen molar-refractivity contribution in [2.75, 3.05) is 32.8 Å². The average Bonchev–Trinajstić information content (AvgIpc) is 2.96. The van der Waals surface area contributed by atoms with E-state index in [1.54, 1.807) is 0 Å². The number of hydrogen-bond donors (Lipinski definition) is 0. The summed E-state index contributed by atoms with van der Waals surface area (Å²) in [6, 6.07) is 9.86. The van der Waals surface area contributed by atoms with Crippen molar-refractivity contribution in [2.45, 2.75) is 43.7 Å². The van der Waals surface area contributed by atoms with Gasteiger partial charge in [0.05, 0.1) is 13.2 Å². The van der Waals surface area contributed by atoms with Crippen LogP contribution in [0.4, 0.5) is 0 Å². The zero-order chi connectivity index (χ0) is 14.5. The number of morpholine rings is 1. The van der Waals surface area contributed by atoms with Crippen molar-refractivity contribution in [1.82, 2.24) is 9.21 Å². The van der Waals surface area contributed by atoms with Crippen molar-refractivity contribution in [3.05, 3.63) is 29.8 Å². The Balaban J connectivity index is 1.60. The minimum Gasteiger partial charge on any atom is -0.379 e. The molecule has 4 heteroatoms. The zero-order valence-electron chi connectivity index (χ0n) is 13.0. The molecule has 2 heterocycles. The van der Waals surface area contributed by atoms with E-state index in [1.165, 1.54) is 36.3 Å². The lowest BCUT2D eigenvalue weighted by Crippen LogP contribution is -2.31. The third-order valence-electron chi connectivity index (χ3n) is 4.46. The van der Waals surface area contributed by atoms with Gasteiger partial charge in [-0.3, -0.25) is 4.90 Å². The van der Waals surface area contributed by atoms with E-state index in [0.717, 1.165) is 38.9 Å². The second kappa shape index (κ2) is 7.63. The Morgan fingerprint density at radius 1 is 1.24 bits per heavy atom. The molecule has 2 fully saturated rings. The minimum atomic E-state index is 0.792. The SMILES string of the molecule is CCC1CCCN1Cc1cccc(SN2CCOCC2)c1. The summed E-state index contributed by atoms with van der Waals surface area (Å²) in [4.78, 5) is 4.01. The molecule has 0 N–H and O–H groups in total. The van der Waals surface area contributed by atoms with Crippen LogP contribution in [0, 0.1) is 0 Å². The van der Waals surface area contributed by atoms with Gasteiger partial charge in [-0.05, 0) is 55.5 Å². The Morgan fingerprint density at radius 2 is 2.10 bits per heavy atom. The van der Waals surface area contributed by atoms with Gasteiger partial charge in [0.15, 0.2) is 0 Å². The molecule has 0 spiro atoms. The van der Waals surface area contributed by atoms with Gasteiger partial charge in [-0.25, -0.2) is 4.31 Å². The van der Waals surface area contributed by atoms with Gasteiger partial charge in [-0.15, -0.1) is 0 Å². The smallest absolute Gasteiger partial charge is 0.0603 e. The third-order valence-corrected chi connectivity index (χ3v) is 5.55. The zero-order valence-corrected chi connectivity index (χ0v) is 13.8. The molecule has 0 aliphatic carbocycles. The van der Waals surface area contributed by atoms with Gasteiger partial charge < -0.3 is 4.74 Å². The Bertz CT molecular complexity index is 448. The molecular formula is C17H26N2OS. The predicted molar refractivity (Wildman–Crippen MR) is 88.4 cm³/mol. The lowest BCUT2D eigenvalue weighted by atomic mass is 10.1. The number of nitrogens with zero attached hydrogens (tertiary/aromatic N) is 2. The quantitative estimate of drug-likeness (QED) is 0.774. The third kappa shape index (κ3) is 4.22. The molecule has 2 aliphatic heterocycles. The van der Waals surface area contributed by atoms with E-state index in [9.17, 15) is 0 Å². The number of benzene rings is 1. The van der Waals surface area contributed by atoms with Crippen LogP contribution in [0.2, 0.25) is 0 Å².